The lowest BCUT2D eigenvalue weighted by molar-refractivity contribution is -0.172. The monoisotopic (exact) mass is 1030 g/mol. The van der Waals surface area contributed by atoms with Crippen molar-refractivity contribution in [3.05, 3.63) is 117 Å². The average molecular weight is 1030 g/mol. The smallest absolute Gasteiger partial charge is 0.343 e. The minimum Gasteiger partial charge on any atom is -0.508 e. The van der Waals surface area contributed by atoms with Crippen LogP contribution in [-0.2, 0) is 39.5 Å². The zero-order chi connectivity index (χ0) is 52.9. The molecular weight excluding hydrogens is 982 g/mol. The summed E-state index contributed by atoms with van der Waals surface area (Å²) in [6.07, 6.45) is 8.68. The summed E-state index contributed by atoms with van der Waals surface area (Å²) < 4.78 is 66.5. The van der Waals surface area contributed by atoms with Gasteiger partial charge in [0.05, 0.1) is 45.5 Å². The van der Waals surface area contributed by atoms with E-state index in [0.29, 0.717) is 53.2 Å². The van der Waals surface area contributed by atoms with Gasteiger partial charge in [-0.25, -0.2) is 22.9 Å². The second-order valence-corrected chi connectivity index (χ2v) is 20.3. The fourth-order valence-electron chi connectivity index (χ4n) is 12.1. The molecule has 388 valence electrons. The van der Waals surface area contributed by atoms with Crippen LogP contribution >= 0.6 is 0 Å². The highest BCUT2D eigenvalue weighted by molar-refractivity contribution is 6.03. The number of benzene rings is 3. The third-order valence-electron chi connectivity index (χ3n) is 16.0. The number of aromatic hydroxyl groups is 1. The van der Waals surface area contributed by atoms with Crippen molar-refractivity contribution in [3.8, 4) is 52.5 Å². The van der Waals surface area contributed by atoms with Gasteiger partial charge in [-0.05, 0) is 85.6 Å². The van der Waals surface area contributed by atoms with Crippen molar-refractivity contribution in [2.45, 2.75) is 76.4 Å². The first-order chi connectivity index (χ1) is 36.6. The minimum atomic E-state index is -1.94. The summed E-state index contributed by atoms with van der Waals surface area (Å²) >= 11 is 0. The minimum absolute atomic E-state index is 0.0372. The number of aryl methyl sites for hydroxylation is 1. The summed E-state index contributed by atoms with van der Waals surface area (Å²) in [5.74, 6) is 0.226. The number of aliphatic hydroxyl groups is 1. The Kier molecular flexibility index (Phi) is 11.8. The average Bonchev–Trinajstić information content (AvgIpc) is 4.10. The number of hydrogen-bond donors (Lipinski definition) is 2. The lowest BCUT2D eigenvalue weighted by Crippen LogP contribution is -2.49. The molecule has 0 bridgehead atoms. The molecule has 9 heterocycles. The molecule has 3 aromatic carbocycles. The van der Waals surface area contributed by atoms with E-state index in [4.69, 9.17) is 30.6 Å². The van der Waals surface area contributed by atoms with Gasteiger partial charge >= 0.3 is 12.0 Å². The molecular formula is C57H51F3N8O8. The number of aromatic nitrogens is 5. The molecule has 5 aliphatic rings. The van der Waals surface area contributed by atoms with Crippen LogP contribution in [0.5, 0.6) is 17.5 Å². The van der Waals surface area contributed by atoms with Crippen LogP contribution in [0.1, 0.15) is 67.3 Å². The van der Waals surface area contributed by atoms with Crippen LogP contribution < -0.4 is 19.9 Å². The number of rotatable bonds is 11. The van der Waals surface area contributed by atoms with Gasteiger partial charge in [-0.1, -0.05) is 32.4 Å². The van der Waals surface area contributed by atoms with Crippen LogP contribution in [0.4, 0.5) is 19.0 Å². The molecule has 3 fully saturated rings. The fraction of sp³-hybridized carbons (Fsp3) is 0.351. The van der Waals surface area contributed by atoms with E-state index in [0.717, 1.165) is 35.9 Å². The normalized spacial score (nSPS) is 20.9. The molecule has 0 saturated carbocycles. The van der Waals surface area contributed by atoms with Crippen LogP contribution in [0.2, 0.25) is 0 Å². The largest absolute Gasteiger partial charge is 0.508 e. The fourth-order valence-corrected chi connectivity index (χ4v) is 12.1. The standard InChI is InChI=1S/C57H51F3N8O8/c1-5-35-37-21-34(10-12-44(37)62-48-40(35)26-68-45(48)22-42-41(53(68)71)28-75-54(72)57(42,73)7-3)74-27-30(4)52(70)66-17-15-65(16-18-66)51-39-24-61-49(38-20-33(69)19-31-9-11-43(59)36(6-2)46(31)38)47(60)50(39)63-55(64-51)76-29-56-13-8-14-67(56)25-32(58)23-56/h2,9-12,19-22,24,32,69,73H,4-5,7-8,13-18,23,25-29H2,1,3H3. The van der Waals surface area contributed by atoms with Gasteiger partial charge in [-0.2, -0.15) is 9.97 Å². The number of halogens is 3. The summed E-state index contributed by atoms with van der Waals surface area (Å²) in [6.45, 7) is 9.79. The molecule has 3 unspecified atom stereocenters. The number of carbonyl (C=O) groups excluding carboxylic acids is 2. The molecule has 3 saturated heterocycles. The zero-order valence-electron chi connectivity index (χ0n) is 41.7. The molecule has 3 atom stereocenters. The molecule has 76 heavy (non-hydrogen) atoms. The number of anilines is 1. The molecule has 2 N–H and O–H groups in total. The maximum atomic E-state index is 17.2. The second-order valence-electron chi connectivity index (χ2n) is 20.3. The van der Waals surface area contributed by atoms with Gasteiger partial charge in [0.2, 0.25) is 0 Å². The molecule has 16 nitrogen and oxygen atoms in total. The lowest BCUT2D eigenvalue weighted by atomic mass is 9.86. The Bertz CT molecular complexity index is 3780. The molecule has 7 aromatic rings. The Morgan fingerprint density at radius 2 is 1.80 bits per heavy atom. The van der Waals surface area contributed by atoms with Crippen molar-refractivity contribution in [3.63, 3.8) is 0 Å². The summed E-state index contributed by atoms with van der Waals surface area (Å²) in [7, 11) is 0. The Balaban J connectivity index is 0.784. The zero-order valence-corrected chi connectivity index (χ0v) is 41.7. The number of amides is 1. The highest BCUT2D eigenvalue weighted by atomic mass is 19.1. The van der Waals surface area contributed by atoms with Gasteiger partial charge in [0, 0.05) is 78.4 Å². The van der Waals surface area contributed by atoms with Crippen LogP contribution in [-0.4, -0.2) is 121 Å². The van der Waals surface area contributed by atoms with E-state index in [1.807, 2.05) is 24.0 Å². The predicted octanol–water partition coefficient (Wildman–Crippen LogP) is 7.00. The number of pyridine rings is 3. The van der Waals surface area contributed by atoms with Gasteiger partial charge in [0.25, 0.3) is 11.5 Å². The van der Waals surface area contributed by atoms with Crippen molar-refractivity contribution in [1.82, 2.24) is 34.3 Å². The predicted molar refractivity (Wildman–Crippen MR) is 276 cm³/mol. The number of cyclic esters (lactones) is 1. The number of esters is 1. The summed E-state index contributed by atoms with van der Waals surface area (Å²) in [6, 6.07) is 12.3. The van der Waals surface area contributed by atoms with Gasteiger partial charge in [0.1, 0.15) is 60.3 Å². The first-order valence-corrected chi connectivity index (χ1v) is 25.4. The van der Waals surface area contributed by atoms with Crippen LogP contribution in [0, 0.1) is 24.0 Å². The summed E-state index contributed by atoms with van der Waals surface area (Å²) in [4.78, 5) is 65.0. The van der Waals surface area contributed by atoms with Crippen LogP contribution in [0.25, 0.3) is 55.2 Å². The quantitative estimate of drug-likeness (QED) is 0.0766. The Hall–Kier alpha value is -8.08. The molecule has 4 aromatic heterocycles. The van der Waals surface area contributed by atoms with E-state index in [1.165, 1.54) is 30.5 Å². The maximum absolute atomic E-state index is 17.2. The Labute approximate surface area is 433 Å². The van der Waals surface area contributed by atoms with Crippen molar-refractivity contribution < 1.29 is 47.2 Å². The SMILES string of the molecule is C#Cc1c(F)ccc2cc(O)cc(-c3ncc4c(N5CCN(C(=O)C(=C)COc6ccc7nc8c(c(CC)c7c6)Cn6c-8cc7c(c6=O)COC(=O)C7(O)CC)CC5)nc(OCC56CCCN5CC(F)C6)nc4c3F)c12. The number of piperazine rings is 1. The van der Waals surface area contributed by atoms with E-state index in [1.54, 1.807) is 28.5 Å². The van der Waals surface area contributed by atoms with Gasteiger partial charge in [-0.3, -0.25) is 19.5 Å². The van der Waals surface area contributed by atoms with Gasteiger partial charge in [0.15, 0.2) is 11.4 Å². The highest BCUT2D eigenvalue weighted by Gasteiger charge is 2.50. The third kappa shape index (κ3) is 7.70. The van der Waals surface area contributed by atoms with Gasteiger partial charge in [-0.15, -0.1) is 6.42 Å². The number of phenolic OH excluding ortho intramolecular Hbond substituents is 1. The first-order valence-electron chi connectivity index (χ1n) is 25.4. The number of phenols is 1. The number of fused-ring (bicyclic) bond motifs is 8. The van der Waals surface area contributed by atoms with Crippen molar-refractivity contribution in [2.75, 3.05) is 57.4 Å². The molecule has 12 rings (SSSR count). The number of alkyl halides is 1. The van der Waals surface area contributed by atoms with E-state index < -0.39 is 34.9 Å². The van der Waals surface area contributed by atoms with E-state index in [-0.39, 0.29) is 132 Å². The number of terminal acetylenes is 1. The van der Waals surface area contributed by atoms with E-state index in [9.17, 15) is 29.0 Å². The number of carbonyl (C=O) groups is 2. The number of ether oxygens (including phenoxy) is 3. The Morgan fingerprint density at radius 3 is 2.58 bits per heavy atom. The summed E-state index contributed by atoms with van der Waals surface area (Å²) in [5.41, 5.74) is 0.981. The number of nitrogens with zero attached hydrogens (tertiary/aromatic N) is 8. The molecule has 0 radical (unpaired) electrons. The van der Waals surface area contributed by atoms with Crippen molar-refractivity contribution >= 4 is 50.3 Å². The number of hydrogen-bond acceptors (Lipinski definition) is 14. The van der Waals surface area contributed by atoms with E-state index >= 15 is 8.78 Å². The van der Waals surface area contributed by atoms with E-state index in [2.05, 4.69) is 27.4 Å². The lowest BCUT2D eigenvalue weighted by Gasteiger charge is -2.36. The second kappa shape index (κ2) is 18.3. The molecule has 1 amide bonds. The van der Waals surface area contributed by atoms with Crippen molar-refractivity contribution in [2.24, 2.45) is 0 Å². The molecule has 19 heteroatoms. The molecule has 0 spiro atoms. The molecule has 0 aliphatic carbocycles. The molecule has 5 aliphatic heterocycles. The van der Waals surface area contributed by atoms with Gasteiger partial charge < -0.3 is 38.8 Å². The summed E-state index contributed by atoms with van der Waals surface area (Å²) in [5, 5.41) is 23.7. The maximum Gasteiger partial charge on any atom is 0.343 e. The topological polar surface area (TPSA) is 186 Å². The third-order valence-corrected chi connectivity index (χ3v) is 16.0. The van der Waals surface area contributed by atoms with Crippen LogP contribution in [0.3, 0.4) is 0 Å². The Morgan fingerprint density at radius 1 is 0.987 bits per heavy atom. The highest BCUT2D eigenvalue weighted by Crippen LogP contribution is 2.44. The first kappa shape index (κ1) is 48.8. The van der Waals surface area contributed by atoms with Crippen molar-refractivity contribution in [1.29, 1.82) is 0 Å². The van der Waals surface area contributed by atoms with Crippen LogP contribution in [0.15, 0.2) is 71.7 Å².